The first kappa shape index (κ1) is 8.92. The number of benzene rings is 1. The second-order valence-electron chi connectivity index (χ2n) is 3.84. The summed E-state index contributed by atoms with van der Waals surface area (Å²) in [5.74, 6) is 0.590. The van der Waals surface area contributed by atoms with Crippen LogP contribution in [0, 0.1) is 0 Å². The van der Waals surface area contributed by atoms with Gasteiger partial charge in [0.2, 0.25) is 0 Å². The summed E-state index contributed by atoms with van der Waals surface area (Å²) in [7, 11) is 0. The average Bonchev–Trinajstić information content (AvgIpc) is 2.82. The SMILES string of the molecule is c1ccc2c(c1)CC(c1cncs1)CN2. The Labute approximate surface area is 93.0 Å². The highest BCUT2D eigenvalue weighted by Crippen LogP contribution is 2.31. The number of rotatable bonds is 1. The predicted molar refractivity (Wildman–Crippen MR) is 63.5 cm³/mol. The van der Waals surface area contributed by atoms with Crippen LogP contribution < -0.4 is 5.32 Å². The zero-order valence-electron chi connectivity index (χ0n) is 8.31. The molecule has 1 aliphatic rings. The van der Waals surface area contributed by atoms with Crippen LogP contribution in [-0.4, -0.2) is 11.5 Å². The number of hydrogen-bond donors (Lipinski definition) is 1. The molecule has 0 amide bonds. The fraction of sp³-hybridized carbons (Fsp3) is 0.250. The van der Waals surface area contributed by atoms with Gasteiger partial charge in [0.05, 0.1) is 5.51 Å². The van der Waals surface area contributed by atoms with Crippen LogP contribution in [0.1, 0.15) is 16.4 Å². The van der Waals surface area contributed by atoms with Crippen molar-refractivity contribution in [2.45, 2.75) is 12.3 Å². The summed E-state index contributed by atoms with van der Waals surface area (Å²) in [4.78, 5) is 5.53. The van der Waals surface area contributed by atoms with Crippen molar-refractivity contribution in [2.75, 3.05) is 11.9 Å². The molecule has 2 nitrogen and oxygen atoms in total. The highest BCUT2D eigenvalue weighted by atomic mass is 32.1. The summed E-state index contributed by atoms with van der Waals surface area (Å²) in [6, 6.07) is 8.54. The van der Waals surface area contributed by atoms with E-state index in [0.29, 0.717) is 5.92 Å². The molecule has 3 heteroatoms. The van der Waals surface area contributed by atoms with E-state index in [1.165, 1.54) is 16.1 Å². The summed E-state index contributed by atoms with van der Waals surface area (Å²) < 4.78 is 0. The molecule has 0 saturated heterocycles. The fourth-order valence-electron chi connectivity index (χ4n) is 2.07. The third kappa shape index (κ3) is 1.63. The van der Waals surface area contributed by atoms with Crippen LogP contribution in [0.5, 0.6) is 0 Å². The largest absolute Gasteiger partial charge is 0.384 e. The molecule has 0 aliphatic carbocycles. The van der Waals surface area contributed by atoms with Crippen LogP contribution in [0.4, 0.5) is 5.69 Å². The van der Waals surface area contributed by atoms with E-state index in [4.69, 9.17) is 0 Å². The Morgan fingerprint density at radius 3 is 3.13 bits per heavy atom. The predicted octanol–water partition coefficient (Wildman–Crippen LogP) is 2.89. The Kier molecular flexibility index (Phi) is 2.18. The molecular formula is C12H12N2S. The molecule has 15 heavy (non-hydrogen) atoms. The van der Waals surface area contributed by atoms with Gasteiger partial charge < -0.3 is 5.32 Å². The molecular weight excluding hydrogens is 204 g/mol. The van der Waals surface area contributed by atoms with Gasteiger partial charge >= 0.3 is 0 Å². The lowest BCUT2D eigenvalue weighted by molar-refractivity contribution is 0.706. The van der Waals surface area contributed by atoms with E-state index in [-0.39, 0.29) is 0 Å². The molecule has 0 radical (unpaired) electrons. The van der Waals surface area contributed by atoms with Crippen molar-refractivity contribution in [1.29, 1.82) is 0 Å². The summed E-state index contributed by atoms with van der Waals surface area (Å²) >= 11 is 1.75. The molecule has 2 heterocycles. The zero-order chi connectivity index (χ0) is 10.1. The molecule has 0 bridgehead atoms. The molecule has 0 saturated carbocycles. The van der Waals surface area contributed by atoms with E-state index in [1.54, 1.807) is 11.3 Å². The normalized spacial score (nSPS) is 19.3. The van der Waals surface area contributed by atoms with Gasteiger partial charge in [0.1, 0.15) is 0 Å². The second kappa shape index (κ2) is 3.66. The maximum atomic E-state index is 4.14. The molecule has 3 rings (SSSR count). The number of anilines is 1. The van der Waals surface area contributed by atoms with Crippen molar-refractivity contribution >= 4 is 17.0 Å². The standard InChI is InChI=1S/C12H12N2S/c1-2-4-11-9(3-1)5-10(6-14-11)12-7-13-8-15-12/h1-4,7-8,10,14H,5-6H2. The van der Waals surface area contributed by atoms with Crippen molar-refractivity contribution in [2.24, 2.45) is 0 Å². The van der Waals surface area contributed by atoms with Gasteiger partial charge in [0.15, 0.2) is 0 Å². The van der Waals surface area contributed by atoms with Crippen LogP contribution in [0.15, 0.2) is 36.0 Å². The van der Waals surface area contributed by atoms with Gasteiger partial charge in [-0.3, -0.25) is 4.98 Å². The number of thiazole rings is 1. The van der Waals surface area contributed by atoms with Crippen LogP contribution >= 0.6 is 11.3 Å². The Hall–Kier alpha value is -1.35. The maximum absolute atomic E-state index is 4.14. The minimum atomic E-state index is 0.590. The van der Waals surface area contributed by atoms with Crippen molar-refractivity contribution in [3.63, 3.8) is 0 Å². The highest BCUT2D eigenvalue weighted by molar-refractivity contribution is 7.09. The number of hydrogen-bond acceptors (Lipinski definition) is 3. The van der Waals surface area contributed by atoms with E-state index in [1.807, 2.05) is 11.7 Å². The molecule has 1 aromatic heterocycles. The Bertz CT molecular complexity index is 450. The first-order chi connectivity index (χ1) is 7.43. The third-order valence-electron chi connectivity index (χ3n) is 2.88. The third-order valence-corrected chi connectivity index (χ3v) is 3.81. The van der Waals surface area contributed by atoms with E-state index in [9.17, 15) is 0 Å². The topological polar surface area (TPSA) is 24.9 Å². The van der Waals surface area contributed by atoms with E-state index < -0.39 is 0 Å². The monoisotopic (exact) mass is 216 g/mol. The molecule has 1 atom stereocenters. The van der Waals surface area contributed by atoms with Crippen LogP contribution in [-0.2, 0) is 6.42 Å². The molecule has 0 spiro atoms. The van der Waals surface area contributed by atoms with Crippen molar-refractivity contribution in [3.8, 4) is 0 Å². The van der Waals surface area contributed by atoms with Crippen LogP contribution in [0.3, 0.4) is 0 Å². The number of fused-ring (bicyclic) bond motifs is 1. The van der Waals surface area contributed by atoms with Gasteiger partial charge in [-0.05, 0) is 18.1 Å². The van der Waals surface area contributed by atoms with Gasteiger partial charge in [-0.1, -0.05) is 18.2 Å². The molecule has 2 aromatic rings. The van der Waals surface area contributed by atoms with E-state index >= 15 is 0 Å². The lowest BCUT2D eigenvalue weighted by atomic mass is 9.93. The second-order valence-corrected chi connectivity index (χ2v) is 4.76. The fourth-order valence-corrected chi connectivity index (χ4v) is 2.79. The maximum Gasteiger partial charge on any atom is 0.0794 e. The minimum absolute atomic E-state index is 0.590. The van der Waals surface area contributed by atoms with Crippen molar-refractivity contribution < 1.29 is 0 Å². The molecule has 76 valence electrons. The van der Waals surface area contributed by atoms with Gasteiger partial charge in [-0.2, -0.15) is 0 Å². The molecule has 1 aliphatic heterocycles. The summed E-state index contributed by atoms with van der Waals surface area (Å²) in [5, 5.41) is 3.48. The van der Waals surface area contributed by atoms with Crippen LogP contribution in [0.25, 0.3) is 0 Å². The van der Waals surface area contributed by atoms with E-state index in [0.717, 1.165) is 13.0 Å². The van der Waals surface area contributed by atoms with Gasteiger partial charge in [-0.15, -0.1) is 11.3 Å². The Morgan fingerprint density at radius 2 is 2.27 bits per heavy atom. The molecule has 1 unspecified atom stereocenters. The quantitative estimate of drug-likeness (QED) is 0.793. The van der Waals surface area contributed by atoms with Crippen molar-refractivity contribution in [1.82, 2.24) is 4.98 Å². The Balaban J connectivity index is 1.89. The van der Waals surface area contributed by atoms with Crippen molar-refractivity contribution in [3.05, 3.63) is 46.4 Å². The zero-order valence-corrected chi connectivity index (χ0v) is 9.13. The summed E-state index contributed by atoms with van der Waals surface area (Å²) in [6.45, 7) is 1.03. The lowest BCUT2D eigenvalue weighted by Gasteiger charge is -2.24. The highest BCUT2D eigenvalue weighted by Gasteiger charge is 2.19. The number of nitrogens with zero attached hydrogens (tertiary/aromatic N) is 1. The van der Waals surface area contributed by atoms with Gasteiger partial charge in [0.25, 0.3) is 0 Å². The first-order valence-corrected chi connectivity index (χ1v) is 6.01. The first-order valence-electron chi connectivity index (χ1n) is 5.13. The molecule has 1 aromatic carbocycles. The summed E-state index contributed by atoms with van der Waals surface area (Å²) in [5.41, 5.74) is 4.62. The van der Waals surface area contributed by atoms with Crippen LogP contribution in [0.2, 0.25) is 0 Å². The minimum Gasteiger partial charge on any atom is -0.384 e. The Morgan fingerprint density at radius 1 is 1.33 bits per heavy atom. The number of aromatic nitrogens is 1. The molecule has 1 N–H and O–H groups in total. The molecule has 0 fully saturated rings. The lowest BCUT2D eigenvalue weighted by Crippen LogP contribution is -2.20. The van der Waals surface area contributed by atoms with Gasteiger partial charge in [-0.25, -0.2) is 0 Å². The number of nitrogens with one attached hydrogen (secondary N) is 1. The number of para-hydroxylation sites is 1. The van der Waals surface area contributed by atoms with Gasteiger partial charge in [0, 0.05) is 29.2 Å². The smallest absolute Gasteiger partial charge is 0.0794 e. The van der Waals surface area contributed by atoms with E-state index in [2.05, 4.69) is 34.6 Å². The average molecular weight is 216 g/mol. The summed E-state index contributed by atoms with van der Waals surface area (Å²) in [6.07, 6.45) is 3.12.